The minimum Gasteiger partial charge on any atom is -0.487 e. The van der Waals surface area contributed by atoms with Crippen LogP contribution in [0, 0.1) is 11.3 Å². The van der Waals surface area contributed by atoms with Gasteiger partial charge in [0.15, 0.2) is 0 Å². The van der Waals surface area contributed by atoms with Crippen LogP contribution in [0.2, 0.25) is 0 Å². The third-order valence-corrected chi connectivity index (χ3v) is 12.5. The molecule has 2 saturated carbocycles. The molecule has 1 saturated heterocycles. The van der Waals surface area contributed by atoms with Crippen molar-refractivity contribution in [3.63, 3.8) is 0 Å². The standard InChI is InChI=1S/C39H47N5O9S/c1-6-25-19-39(25,36(47)43-54(49,50)28-14-15-28)42-33(45)31-18-27-20-44(31)35(46)32(38(3,4)5)41-37(48)51-21-22(2)52-26-12-9-11-23(16-26)29-17-24-10-7-8-13-30(24)40-34(29)53-27/h7-13,16-17,22,25,27-28,31-32H,6,14-15,18-21H2,1-5H3,(H,41,48)(H,42,45)(H,43,47)/t22-,25-,27?,31+,32-,39?/m1/s1. The van der Waals surface area contributed by atoms with E-state index in [-0.39, 0.29) is 31.9 Å². The fourth-order valence-corrected chi connectivity index (χ4v) is 8.76. The quantitative estimate of drug-likeness (QED) is 0.331. The van der Waals surface area contributed by atoms with E-state index in [2.05, 4.69) is 15.4 Å². The molecule has 4 aliphatic rings. The summed E-state index contributed by atoms with van der Waals surface area (Å²) in [5, 5.41) is 5.84. The molecular formula is C39H47N5O9S. The monoisotopic (exact) mass is 761 g/mol. The molecule has 4 amide bonds. The number of carbonyl (C=O) groups is 4. The number of cyclic esters (lactones) is 1. The second-order valence-electron chi connectivity index (χ2n) is 16.0. The van der Waals surface area contributed by atoms with Crippen LogP contribution >= 0.6 is 0 Å². The van der Waals surface area contributed by atoms with Crippen molar-refractivity contribution in [3.8, 4) is 22.8 Å². The molecule has 0 spiro atoms. The molecule has 2 aliphatic heterocycles. The number of hydrogen-bond acceptors (Lipinski definition) is 10. The first-order chi connectivity index (χ1) is 25.6. The fraction of sp³-hybridized carbons (Fsp3) is 0.513. The Morgan fingerprint density at radius 2 is 1.81 bits per heavy atom. The van der Waals surface area contributed by atoms with Crippen LogP contribution in [0.4, 0.5) is 4.79 Å². The SMILES string of the molecule is CC[C@@H]1CC1(NC(=O)[C@@H]1CC2CN1C(=O)[C@H](C(C)(C)C)NC(=O)OC[C@@H](C)Oc1cccc(c1)-c1cc3ccccc3nc1O2)C(=O)NS(=O)(=O)C1CC1. The van der Waals surface area contributed by atoms with Gasteiger partial charge in [0.05, 0.1) is 17.3 Å². The average molecular weight is 762 g/mol. The molecule has 2 unspecified atom stereocenters. The van der Waals surface area contributed by atoms with Gasteiger partial charge in [0.1, 0.15) is 42.2 Å². The van der Waals surface area contributed by atoms with Gasteiger partial charge in [0.2, 0.25) is 27.7 Å². The van der Waals surface area contributed by atoms with E-state index in [1.807, 2.05) is 55.5 Å². The summed E-state index contributed by atoms with van der Waals surface area (Å²) in [7, 11) is -3.87. The molecule has 288 valence electrons. The van der Waals surface area contributed by atoms with Gasteiger partial charge in [-0.3, -0.25) is 19.1 Å². The summed E-state index contributed by atoms with van der Waals surface area (Å²) in [6, 6.07) is 14.7. The van der Waals surface area contributed by atoms with Crippen LogP contribution in [0.25, 0.3) is 22.0 Å². The Balaban J connectivity index is 1.26. The molecule has 3 heterocycles. The van der Waals surface area contributed by atoms with Crippen LogP contribution in [0.5, 0.6) is 11.6 Å². The smallest absolute Gasteiger partial charge is 0.407 e. The summed E-state index contributed by atoms with van der Waals surface area (Å²) in [5.41, 5.74) is -0.173. The van der Waals surface area contributed by atoms with Crippen molar-refractivity contribution in [2.24, 2.45) is 11.3 Å². The maximum atomic E-state index is 14.6. The van der Waals surface area contributed by atoms with E-state index in [1.165, 1.54) is 4.90 Å². The summed E-state index contributed by atoms with van der Waals surface area (Å²) in [6.45, 7) is 8.84. The van der Waals surface area contributed by atoms with E-state index < -0.39 is 74.3 Å². The molecule has 2 aromatic carbocycles. The molecule has 7 rings (SSSR count). The first kappa shape index (κ1) is 37.4. The van der Waals surface area contributed by atoms with E-state index in [0.717, 1.165) is 10.9 Å². The zero-order valence-electron chi connectivity index (χ0n) is 31.1. The molecule has 3 aromatic rings. The fourth-order valence-electron chi connectivity index (χ4n) is 7.39. The Labute approximate surface area is 314 Å². The van der Waals surface area contributed by atoms with E-state index in [1.54, 1.807) is 33.8 Å². The number of fused-ring (bicyclic) bond motifs is 7. The molecular weight excluding hydrogens is 715 g/mol. The highest BCUT2D eigenvalue weighted by molar-refractivity contribution is 7.91. The van der Waals surface area contributed by atoms with Crippen molar-refractivity contribution in [2.45, 2.75) is 102 Å². The van der Waals surface area contributed by atoms with Crippen LogP contribution in [0.15, 0.2) is 54.6 Å². The number of sulfonamides is 1. The molecule has 1 aromatic heterocycles. The summed E-state index contributed by atoms with van der Waals surface area (Å²) < 4.78 is 46.0. The predicted molar refractivity (Wildman–Crippen MR) is 199 cm³/mol. The Hall–Kier alpha value is -4.92. The van der Waals surface area contributed by atoms with Crippen molar-refractivity contribution >= 4 is 44.7 Å². The largest absolute Gasteiger partial charge is 0.487 e. The number of hydrogen-bond donors (Lipinski definition) is 3. The number of nitrogens with one attached hydrogen (secondary N) is 3. The van der Waals surface area contributed by atoms with Crippen LogP contribution in [-0.4, -0.2) is 90.3 Å². The van der Waals surface area contributed by atoms with Crippen molar-refractivity contribution in [3.05, 3.63) is 54.6 Å². The highest BCUT2D eigenvalue weighted by atomic mass is 32.2. The first-order valence-corrected chi connectivity index (χ1v) is 20.1. The van der Waals surface area contributed by atoms with Gasteiger partial charge in [-0.2, -0.15) is 0 Å². The average Bonchev–Trinajstić information content (AvgIpc) is 4.05. The van der Waals surface area contributed by atoms with Gasteiger partial charge in [-0.25, -0.2) is 18.2 Å². The molecule has 14 nitrogen and oxygen atoms in total. The van der Waals surface area contributed by atoms with Gasteiger partial charge < -0.3 is 29.7 Å². The molecule has 3 N–H and O–H groups in total. The molecule has 2 aliphatic carbocycles. The van der Waals surface area contributed by atoms with E-state index in [0.29, 0.717) is 42.0 Å². The maximum absolute atomic E-state index is 14.6. The zero-order chi connectivity index (χ0) is 38.6. The number of rotatable bonds is 6. The van der Waals surface area contributed by atoms with Crippen LogP contribution in [0.1, 0.15) is 66.7 Å². The molecule has 54 heavy (non-hydrogen) atoms. The number of pyridine rings is 1. The van der Waals surface area contributed by atoms with Crippen LogP contribution in [0.3, 0.4) is 0 Å². The topological polar surface area (TPSA) is 182 Å². The number of ether oxygens (including phenoxy) is 3. The minimum absolute atomic E-state index is 0.0301. The van der Waals surface area contributed by atoms with Gasteiger partial charge >= 0.3 is 6.09 Å². The Morgan fingerprint density at radius 1 is 1.06 bits per heavy atom. The van der Waals surface area contributed by atoms with Crippen molar-refractivity contribution in [1.29, 1.82) is 0 Å². The first-order valence-electron chi connectivity index (χ1n) is 18.5. The zero-order valence-corrected chi connectivity index (χ0v) is 31.9. The third kappa shape index (κ3) is 7.55. The minimum atomic E-state index is -3.87. The second kappa shape index (κ2) is 14.1. The summed E-state index contributed by atoms with van der Waals surface area (Å²) in [6.07, 6.45) is -0.347. The second-order valence-corrected chi connectivity index (χ2v) is 17.9. The van der Waals surface area contributed by atoms with Gasteiger partial charge in [0.25, 0.3) is 5.91 Å². The molecule has 0 radical (unpaired) electrons. The number of amides is 4. The highest BCUT2D eigenvalue weighted by Crippen LogP contribution is 2.47. The number of alkyl carbamates (subject to hydrolysis) is 1. The lowest BCUT2D eigenvalue weighted by atomic mass is 9.85. The number of benzene rings is 2. The number of para-hydroxylation sites is 1. The lowest BCUT2D eigenvalue weighted by Gasteiger charge is -2.35. The predicted octanol–water partition coefficient (Wildman–Crippen LogP) is 4.07. The Bertz CT molecular complexity index is 2100. The summed E-state index contributed by atoms with van der Waals surface area (Å²) in [5.74, 6) is -1.42. The Kier molecular flexibility index (Phi) is 9.73. The molecule has 4 bridgehead atoms. The van der Waals surface area contributed by atoms with Crippen molar-refractivity contribution < 1.29 is 41.8 Å². The van der Waals surface area contributed by atoms with E-state index >= 15 is 0 Å². The highest BCUT2D eigenvalue weighted by Gasteiger charge is 2.62. The van der Waals surface area contributed by atoms with Gasteiger partial charge in [-0.05, 0) is 67.3 Å². The Morgan fingerprint density at radius 3 is 2.52 bits per heavy atom. The molecule has 3 fully saturated rings. The normalized spacial score (nSPS) is 27.4. The molecule has 6 atom stereocenters. The molecule has 15 heteroatoms. The lowest BCUT2D eigenvalue weighted by Crippen LogP contribution is -2.60. The number of carbonyl (C=O) groups excluding carboxylic acids is 4. The van der Waals surface area contributed by atoms with Gasteiger partial charge in [-0.1, -0.05) is 64.4 Å². The number of aromatic nitrogens is 1. The summed E-state index contributed by atoms with van der Waals surface area (Å²) in [4.78, 5) is 62.0. The van der Waals surface area contributed by atoms with Crippen molar-refractivity contribution in [1.82, 2.24) is 25.2 Å². The number of nitrogens with zero attached hydrogens (tertiary/aromatic N) is 2. The van der Waals surface area contributed by atoms with E-state index in [9.17, 15) is 27.6 Å². The third-order valence-electron chi connectivity index (χ3n) is 10.7. The van der Waals surface area contributed by atoms with Gasteiger partial charge in [0, 0.05) is 17.4 Å². The van der Waals surface area contributed by atoms with Crippen LogP contribution < -0.4 is 24.8 Å². The van der Waals surface area contributed by atoms with Gasteiger partial charge in [-0.15, -0.1) is 0 Å². The maximum Gasteiger partial charge on any atom is 0.407 e. The van der Waals surface area contributed by atoms with E-state index in [4.69, 9.17) is 19.2 Å². The lowest BCUT2D eigenvalue weighted by molar-refractivity contribution is -0.143. The van der Waals surface area contributed by atoms with Crippen molar-refractivity contribution in [2.75, 3.05) is 13.2 Å². The summed E-state index contributed by atoms with van der Waals surface area (Å²) >= 11 is 0. The van der Waals surface area contributed by atoms with Crippen LogP contribution in [-0.2, 0) is 29.1 Å².